The molecule has 7 nitrogen and oxygen atoms in total. The summed E-state index contributed by atoms with van der Waals surface area (Å²) in [5.74, 6) is -0.989. The molecule has 0 spiro atoms. The van der Waals surface area contributed by atoms with Crippen LogP contribution in [-0.2, 0) is 5.79 Å². The summed E-state index contributed by atoms with van der Waals surface area (Å²) in [7, 11) is 0. The minimum Gasteiger partial charge on any atom is -0.369 e. The maximum atomic E-state index is 6.20. The molecule has 7 N–H and O–H groups in total. The zero-order chi connectivity index (χ0) is 13.6. The molecule has 1 aromatic heterocycles. The van der Waals surface area contributed by atoms with E-state index in [9.17, 15) is 0 Å². The molecule has 3 rings (SSSR count). The lowest BCUT2D eigenvalue weighted by Crippen LogP contribution is -2.57. The van der Waals surface area contributed by atoms with Crippen molar-refractivity contribution in [1.29, 1.82) is 0 Å². The second kappa shape index (κ2) is 3.90. The second-order valence-corrected chi connectivity index (χ2v) is 5.51. The second-order valence-electron chi connectivity index (χ2n) is 4.27. The molecule has 1 aliphatic heterocycles. The van der Waals surface area contributed by atoms with E-state index in [0.29, 0.717) is 0 Å². The molecule has 0 aliphatic carbocycles. The van der Waals surface area contributed by atoms with Gasteiger partial charge in [0.25, 0.3) is 0 Å². The smallest absolute Gasteiger partial charge is 0.222 e. The van der Waals surface area contributed by atoms with Crippen molar-refractivity contribution in [2.24, 2.45) is 27.2 Å². The molecule has 0 saturated heterocycles. The minimum atomic E-state index is -1.19. The van der Waals surface area contributed by atoms with E-state index in [0.717, 1.165) is 20.8 Å². The number of benzene rings is 1. The summed E-state index contributed by atoms with van der Waals surface area (Å²) in [6, 6.07) is 5.68. The highest BCUT2D eigenvalue weighted by Crippen LogP contribution is 2.27. The first-order valence-electron chi connectivity index (χ1n) is 5.60. The lowest BCUT2D eigenvalue weighted by Gasteiger charge is -2.29. The molecule has 8 heteroatoms. The fraction of sp³-hybridized carbons (Fsp3) is 0.182. The summed E-state index contributed by atoms with van der Waals surface area (Å²) in [6.45, 7) is 1.96. The quantitative estimate of drug-likeness (QED) is 0.578. The van der Waals surface area contributed by atoms with Gasteiger partial charge < -0.3 is 16.8 Å². The van der Waals surface area contributed by atoms with E-state index in [2.05, 4.69) is 20.3 Å². The topological polar surface area (TPSA) is 128 Å². The van der Waals surface area contributed by atoms with Crippen LogP contribution < -0.4 is 22.5 Å². The monoisotopic (exact) mass is 275 g/mol. The van der Waals surface area contributed by atoms with Crippen molar-refractivity contribution in [3.05, 3.63) is 28.8 Å². The van der Waals surface area contributed by atoms with Crippen LogP contribution in [0.4, 0.5) is 0 Å². The number of guanidine groups is 2. The molecule has 98 valence electrons. The Bertz CT molecular complexity index is 717. The van der Waals surface area contributed by atoms with Crippen LogP contribution in [0.25, 0.3) is 10.2 Å². The van der Waals surface area contributed by atoms with Gasteiger partial charge in [-0.1, -0.05) is 6.07 Å². The molecule has 19 heavy (non-hydrogen) atoms. The van der Waals surface area contributed by atoms with Gasteiger partial charge >= 0.3 is 0 Å². The van der Waals surface area contributed by atoms with Gasteiger partial charge in [-0.15, -0.1) is 11.3 Å². The summed E-state index contributed by atoms with van der Waals surface area (Å²) in [5.41, 5.74) is 19.1. The molecule has 1 atom stereocenters. The van der Waals surface area contributed by atoms with Crippen molar-refractivity contribution in [1.82, 2.24) is 10.3 Å². The Morgan fingerprint density at radius 2 is 2.11 bits per heavy atom. The van der Waals surface area contributed by atoms with Gasteiger partial charge in [0.1, 0.15) is 0 Å². The molecular formula is C11H13N7S. The third-order valence-electron chi connectivity index (χ3n) is 2.78. The maximum absolute atomic E-state index is 6.20. The van der Waals surface area contributed by atoms with Crippen LogP contribution >= 0.6 is 11.3 Å². The Balaban J connectivity index is 2.11. The number of hydrogen-bond acceptors (Lipinski definition) is 8. The third-order valence-corrected chi connectivity index (χ3v) is 3.71. The van der Waals surface area contributed by atoms with Crippen molar-refractivity contribution >= 4 is 33.5 Å². The fourth-order valence-electron chi connectivity index (χ4n) is 1.99. The van der Waals surface area contributed by atoms with Crippen LogP contribution in [0, 0.1) is 6.92 Å². The predicted molar refractivity (Wildman–Crippen MR) is 76.6 cm³/mol. The van der Waals surface area contributed by atoms with Gasteiger partial charge in [-0.05, 0) is 19.1 Å². The van der Waals surface area contributed by atoms with Crippen LogP contribution in [0.1, 0.15) is 10.6 Å². The van der Waals surface area contributed by atoms with Gasteiger partial charge in [-0.3, -0.25) is 5.73 Å². The number of nitrogens with one attached hydrogen (secondary N) is 1. The van der Waals surface area contributed by atoms with Crippen molar-refractivity contribution in [3.63, 3.8) is 0 Å². The molecule has 0 amide bonds. The summed E-state index contributed by atoms with van der Waals surface area (Å²) in [6.07, 6.45) is 0. The van der Waals surface area contributed by atoms with Crippen LogP contribution in [0.5, 0.6) is 0 Å². The molecular weight excluding hydrogens is 262 g/mol. The molecule has 2 heterocycles. The molecule has 1 aliphatic rings. The third kappa shape index (κ3) is 2.00. The summed E-state index contributed by atoms with van der Waals surface area (Å²) < 4.78 is 1.04. The van der Waals surface area contributed by atoms with E-state index in [-0.39, 0.29) is 11.9 Å². The van der Waals surface area contributed by atoms with Gasteiger partial charge in [0.15, 0.2) is 5.96 Å². The van der Waals surface area contributed by atoms with E-state index in [1.165, 1.54) is 0 Å². The van der Waals surface area contributed by atoms with Crippen molar-refractivity contribution < 1.29 is 0 Å². The molecule has 0 bridgehead atoms. The first-order chi connectivity index (χ1) is 8.96. The Morgan fingerprint density at radius 3 is 2.84 bits per heavy atom. The highest BCUT2D eigenvalue weighted by molar-refractivity contribution is 7.18. The molecule has 0 fully saturated rings. The van der Waals surface area contributed by atoms with Gasteiger partial charge in [0.2, 0.25) is 11.7 Å². The van der Waals surface area contributed by atoms with Gasteiger partial charge in [-0.25, -0.2) is 9.98 Å². The molecule has 1 aromatic carbocycles. The Morgan fingerprint density at radius 1 is 1.32 bits per heavy atom. The zero-order valence-electron chi connectivity index (χ0n) is 10.2. The van der Waals surface area contributed by atoms with E-state index in [4.69, 9.17) is 17.2 Å². The fourth-order valence-corrected chi connectivity index (χ4v) is 2.86. The minimum absolute atomic E-state index is 0.0549. The number of nitrogens with two attached hydrogens (primary N) is 3. The Hall–Kier alpha value is -2.19. The average molecular weight is 275 g/mol. The number of fused-ring (bicyclic) bond motifs is 1. The number of nitrogens with zero attached hydrogens (tertiary/aromatic N) is 3. The number of aryl methyl sites for hydroxylation is 1. The number of aromatic nitrogens is 1. The van der Waals surface area contributed by atoms with Crippen LogP contribution in [0.15, 0.2) is 28.2 Å². The molecule has 0 saturated carbocycles. The van der Waals surface area contributed by atoms with E-state index in [1.807, 2.05) is 25.1 Å². The SMILES string of the molecule is Cc1nc2ccc(C3(N)N=C(N)N=C(N)N3)cc2s1. The molecule has 1 unspecified atom stereocenters. The van der Waals surface area contributed by atoms with Crippen LogP contribution in [0.3, 0.4) is 0 Å². The largest absolute Gasteiger partial charge is 0.369 e. The summed E-state index contributed by atoms with van der Waals surface area (Å²) in [4.78, 5) is 12.3. The van der Waals surface area contributed by atoms with E-state index in [1.54, 1.807) is 11.3 Å². The average Bonchev–Trinajstić information content (AvgIpc) is 2.65. The Labute approximate surface area is 113 Å². The van der Waals surface area contributed by atoms with Crippen molar-refractivity contribution in [2.45, 2.75) is 12.7 Å². The number of thiazole rings is 1. The van der Waals surface area contributed by atoms with E-state index < -0.39 is 5.79 Å². The zero-order valence-corrected chi connectivity index (χ0v) is 11.0. The Kier molecular flexibility index (Phi) is 2.44. The number of rotatable bonds is 1. The summed E-state index contributed by atoms with van der Waals surface area (Å²) in [5, 5.41) is 3.83. The van der Waals surface area contributed by atoms with Crippen LogP contribution in [0.2, 0.25) is 0 Å². The normalized spacial score (nSPS) is 22.8. The lowest BCUT2D eigenvalue weighted by molar-refractivity contribution is 0.424. The lowest BCUT2D eigenvalue weighted by atomic mass is 10.1. The highest BCUT2D eigenvalue weighted by Gasteiger charge is 2.31. The standard InChI is InChI=1S/C11H13N7S/c1-5-15-7-3-2-6(4-8(7)19-5)11(14)17-9(12)16-10(13)18-11/h2-4H,14H2,1H3,(H5,12,13,16,17,18). The van der Waals surface area contributed by atoms with E-state index >= 15 is 0 Å². The van der Waals surface area contributed by atoms with Gasteiger partial charge in [0.05, 0.1) is 15.2 Å². The predicted octanol–water partition coefficient (Wildman–Crippen LogP) is -0.0937. The van der Waals surface area contributed by atoms with Gasteiger partial charge in [-0.2, -0.15) is 4.99 Å². The van der Waals surface area contributed by atoms with Crippen molar-refractivity contribution in [2.75, 3.05) is 0 Å². The molecule has 0 radical (unpaired) electrons. The van der Waals surface area contributed by atoms with Crippen LogP contribution in [-0.4, -0.2) is 16.9 Å². The highest BCUT2D eigenvalue weighted by atomic mass is 32.1. The number of aliphatic imine (C=N–C) groups is 2. The van der Waals surface area contributed by atoms with Gasteiger partial charge in [0, 0.05) is 5.56 Å². The molecule has 2 aromatic rings. The number of hydrogen-bond donors (Lipinski definition) is 4. The maximum Gasteiger partial charge on any atom is 0.222 e. The first kappa shape index (κ1) is 11.9. The van der Waals surface area contributed by atoms with Crippen molar-refractivity contribution in [3.8, 4) is 0 Å². The first-order valence-corrected chi connectivity index (χ1v) is 6.42. The summed E-state index contributed by atoms with van der Waals surface area (Å²) >= 11 is 1.59.